The van der Waals surface area contributed by atoms with Gasteiger partial charge in [0.25, 0.3) is 0 Å². The van der Waals surface area contributed by atoms with Crippen molar-refractivity contribution in [3.63, 3.8) is 0 Å². The molecule has 0 aliphatic carbocycles. The second-order valence-corrected chi connectivity index (χ2v) is 5.27. The molecule has 0 radical (unpaired) electrons. The van der Waals surface area contributed by atoms with Crippen LogP contribution in [-0.2, 0) is 29.6 Å². The molecular weight excluding hydrogens is 276 g/mol. The first-order valence-corrected chi connectivity index (χ1v) is 7.21. The van der Waals surface area contributed by atoms with Crippen LogP contribution in [0.4, 0.5) is 0 Å². The number of ether oxygens (including phenoxy) is 1. The van der Waals surface area contributed by atoms with E-state index in [2.05, 4.69) is 11.0 Å². The highest BCUT2D eigenvalue weighted by Crippen LogP contribution is 2.14. The van der Waals surface area contributed by atoms with Crippen molar-refractivity contribution in [2.75, 3.05) is 0 Å². The quantitative estimate of drug-likeness (QED) is 0.629. The average Bonchev–Trinajstić information content (AvgIpc) is 2.76. The number of hydrogen-bond donors (Lipinski definition) is 0. The Morgan fingerprint density at radius 2 is 2.00 bits per heavy atom. The topological polar surface area (TPSA) is 44.1 Å². The molecule has 0 aliphatic rings. The molecule has 0 bridgehead atoms. The molecule has 1 aromatic carbocycles. The molecule has 114 valence electrons. The summed E-state index contributed by atoms with van der Waals surface area (Å²) in [4.78, 5) is 11.9. The summed E-state index contributed by atoms with van der Waals surface area (Å²) in [5.74, 6) is 2.35. The van der Waals surface area contributed by atoms with Gasteiger partial charge >= 0.3 is 5.97 Å². The van der Waals surface area contributed by atoms with Crippen molar-refractivity contribution < 1.29 is 9.53 Å². The van der Waals surface area contributed by atoms with Gasteiger partial charge in [0.2, 0.25) is 0 Å². The molecule has 22 heavy (non-hydrogen) atoms. The molecule has 0 saturated heterocycles. The van der Waals surface area contributed by atoms with E-state index in [4.69, 9.17) is 11.2 Å². The summed E-state index contributed by atoms with van der Waals surface area (Å²) in [6.07, 6.45) is 6.31. The van der Waals surface area contributed by atoms with Crippen LogP contribution in [0.2, 0.25) is 0 Å². The first kappa shape index (κ1) is 15.8. The van der Waals surface area contributed by atoms with Gasteiger partial charge in [-0.25, -0.2) is 0 Å². The minimum Gasteiger partial charge on any atom is -0.461 e. The predicted molar refractivity (Wildman–Crippen MR) is 85.2 cm³/mol. The lowest BCUT2D eigenvalue weighted by atomic mass is 10.1. The summed E-state index contributed by atoms with van der Waals surface area (Å²) < 4.78 is 7.13. The molecule has 0 atom stereocenters. The van der Waals surface area contributed by atoms with E-state index in [9.17, 15) is 4.79 Å². The number of nitrogens with zero attached hydrogens (tertiary/aromatic N) is 2. The largest absolute Gasteiger partial charge is 0.461 e. The Hall–Kier alpha value is -2.54. The van der Waals surface area contributed by atoms with Gasteiger partial charge in [-0.2, -0.15) is 5.10 Å². The molecule has 0 fully saturated rings. The second kappa shape index (κ2) is 6.95. The number of carbonyl (C=O) groups is 1. The number of aryl methyl sites for hydroxylation is 2. The Morgan fingerprint density at radius 1 is 1.32 bits per heavy atom. The van der Waals surface area contributed by atoms with Crippen LogP contribution in [0, 0.1) is 26.2 Å². The van der Waals surface area contributed by atoms with E-state index in [1.54, 1.807) is 0 Å². The van der Waals surface area contributed by atoms with Gasteiger partial charge in [0, 0.05) is 24.7 Å². The van der Waals surface area contributed by atoms with Crippen molar-refractivity contribution in [3.8, 4) is 12.3 Å². The maximum atomic E-state index is 11.9. The van der Waals surface area contributed by atoms with E-state index in [-0.39, 0.29) is 12.6 Å². The highest BCUT2D eigenvalue weighted by atomic mass is 16.5. The summed E-state index contributed by atoms with van der Waals surface area (Å²) in [5.41, 5.74) is 4.93. The van der Waals surface area contributed by atoms with Gasteiger partial charge in [0.05, 0.1) is 5.69 Å². The summed E-state index contributed by atoms with van der Waals surface area (Å²) in [6.45, 7) is 4.24. The van der Waals surface area contributed by atoms with Gasteiger partial charge in [-0.1, -0.05) is 18.1 Å². The number of hydrogen-bond acceptors (Lipinski definition) is 3. The van der Waals surface area contributed by atoms with Gasteiger partial charge in [-0.3, -0.25) is 9.48 Å². The van der Waals surface area contributed by atoms with Crippen molar-refractivity contribution in [1.29, 1.82) is 0 Å². The van der Waals surface area contributed by atoms with E-state index in [0.717, 1.165) is 28.1 Å². The highest BCUT2D eigenvalue weighted by Gasteiger charge is 2.12. The fourth-order valence-corrected chi connectivity index (χ4v) is 2.34. The Bertz CT molecular complexity index is 706. The van der Waals surface area contributed by atoms with Gasteiger partial charge in [0.1, 0.15) is 6.61 Å². The lowest BCUT2D eigenvalue weighted by Crippen LogP contribution is -2.06. The van der Waals surface area contributed by atoms with Crippen molar-refractivity contribution >= 4 is 5.97 Å². The second-order valence-electron chi connectivity index (χ2n) is 5.27. The number of carbonyl (C=O) groups excluding carboxylic acids is 1. The molecule has 4 heteroatoms. The SMILES string of the molecule is C#Cc1ccc(COC(=O)CCc2c(C)nn(C)c2C)cc1. The summed E-state index contributed by atoms with van der Waals surface area (Å²) in [6, 6.07) is 7.42. The fraction of sp³-hybridized carbons (Fsp3) is 0.333. The van der Waals surface area contributed by atoms with Gasteiger partial charge in [-0.15, -0.1) is 6.42 Å². The Kier molecular flexibility index (Phi) is 5.00. The fourth-order valence-electron chi connectivity index (χ4n) is 2.34. The number of rotatable bonds is 5. The zero-order valence-corrected chi connectivity index (χ0v) is 13.2. The van der Waals surface area contributed by atoms with Crippen LogP contribution in [0.15, 0.2) is 24.3 Å². The van der Waals surface area contributed by atoms with Crippen LogP contribution in [0.1, 0.15) is 34.5 Å². The van der Waals surface area contributed by atoms with E-state index in [1.807, 2.05) is 49.8 Å². The molecule has 2 rings (SSSR count). The van der Waals surface area contributed by atoms with Crippen LogP contribution in [0.5, 0.6) is 0 Å². The lowest BCUT2D eigenvalue weighted by molar-refractivity contribution is -0.144. The molecular formula is C18H20N2O2. The Morgan fingerprint density at radius 3 is 2.55 bits per heavy atom. The van der Waals surface area contributed by atoms with Crippen molar-refractivity contribution in [2.24, 2.45) is 7.05 Å². The monoisotopic (exact) mass is 296 g/mol. The minimum atomic E-state index is -0.205. The smallest absolute Gasteiger partial charge is 0.306 e. The molecule has 4 nitrogen and oxygen atoms in total. The number of esters is 1. The van der Waals surface area contributed by atoms with Crippen LogP contribution in [0.3, 0.4) is 0 Å². The molecule has 1 heterocycles. The van der Waals surface area contributed by atoms with Crippen LogP contribution in [0.25, 0.3) is 0 Å². The van der Waals surface area contributed by atoms with Crippen LogP contribution in [-0.4, -0.2) is 15.7 Å². The molecule has 0 N–H and O–H groups in total. The molecule has 0 unspecified atom stereocenters. The van der Waals surface area contributed by atoms with Gasteiger partial charge < -0.3 is 4.74 Å². The zero-order valence-electron chi connectivity index (χ0n) is 13.2. The molecule has 0 saturated carbocycles. The van der Waals surface area contributed by atoms with Gasteiger partial charge in [-0.05, 0) is 43.5 Å². The Labute approximate surface area is 131 Å². The molecule has 0 spiro atoms. The zero-order chi connectivity index (χ0) is 16.1. The maximum absolute atomic E-state index is 11.9. The van der Waals surface area contributed by atoms with Crippen LogP contribution < -0.4 is 0 Å². The average molecular weight is 296 g/mol. The molecule has 2 aromatic rings. The highest BCUT2D eigenvalue weighted by molar-refractivity contribution is 5.69. The first-order chi connectivity index (χ1) is 10.5. The maximum Gasteiger partial charge on any atom is 0.306 e. The Balaban J connectivity index is 1.84. The predicted octanol–water partition coefficient (Wildman–Crippen LogP) is 2.69. The van der Waals surface area contributed by atoms with Gasteiger partial charge in [0.15, 0.2) is 0 Å². The molecule has 0 aliphatic heterocycles. The summed E-state index contributed by atoms with van der Waals surface area (Å²) >= 11 is 0. The third kappa shape index (κ3) is 3.76. The third-order valence-electron chi connectivity index (χ3n) is 3.76. The van der Waals surface area contributed by atoms with Crippen molar-refractivity contribution in [2.45, 2.75) is 33.3 Å². The molecule has 1 aromatic heterocycles. The standard InChI is InChI=1S/C18H20N2O2/c1-5-15-6-8-16(9-7-15)12-22-18(21)11-10-17-13(2)19-20(4)14(17)3/h1,6-9H,10-12H2,2-4H3. The van der Waals surface area contributed by atoms with E-state index in [0.29, 0.717) is 12.8 Å². The molecule has 0 amide bonds. The first-order valence-electron chi connectivity index (χ1n) is 7.21. The number of terminal acetylenes is 1. The number of aromatic nitrogens is 2. The van der Waals surface area contributed by atoms with E-state index >= 15 is 0 Å². The van der Waals surface area contributed by atoms with E-state index in [1.165, 1.54) is 0 Å². The summed E-state index contributed by atoms with van der Waals surface area (Å²) in [5, 5.41) is 4.35. The summed E-state index contributed by atoms with van der Waals surface area (Å²) in [7, 11) is 1.91. The lowest BCUT2D eigenvalue weighted by Gasteiger charge is -2.06. The third-order valence-corrected chi connectivity index (χ3v) is 3.76. The van der Waals surface area contributed by atoms with Crippen molar-refractivity contribution in [1.82, 2.24) is 9.78 Å². The number of benzene rings is 1. The normalized spacial score (nSPS) is 10.3. The van der Waals surface area contributed by atoms with E-state index < -0.39 is 0 Å². The van der Waals surface area contributed by atoms with Crippen molar-refractivity contribution in [3.05, 3.63) is 52.3 Å². The minimum absolute atomic E-state index is 0.205. The van der Waals surface area contributed by atoms with Crippen LogP contribution >= 0.6 is 0 Å².